The molecule has 1 aliphatic heterocycles. The molecule has 1 aromatic rings. The zero-order valence-corrected chi connectivity index (χ0v) is 12.0. The quantitative estimate of drug-likeness (QED) is 0.625. The lowest BCUT2D eigenvalue weighted by Gasteiger charge is -2.13. The summed E-state index contributed by atoms with van der Waals surface area (Å²) in [6.45, 7) is 2.50. The normalized spacial score (nSPS) is 17.5. The molecule has 0 atom stereocenters. The van der Waals surface area contributed by atoms with Crippen LogP contribution in [0.25, 0.3) is 6.08 Å². The molecule has 1 aromatic carbocycles. The van der Waals surface area contributed by atoms with E-state index in [0.29, 0.717) is 17.4 Å². The molecule has 5 heteroatoms. The van der Waals surface area contributed by atoms with Gasteiger partial charge in [0.15, 0.2) is 5.11 Å². The average Bonchev–Trinajstić information content (AvgIpc) is 2.63. The van der Waals surface area contributed by atoms with Crippen LogP contribution in [0.2, 0.25) is 0 Å². The summed E-state index contributed by atoms with van der Waals surface area (Å²) in [5, 5.41) is 0.548. The van der Waals surface area contributed by atoms with Crippen molar-refractivity contribution in [1.82, 2.24) is 9.80 Å². The molecule has 4 nitrogen and oxygen atoms in total. The van der Waals surface area contributed by atoms with Gasteiger partial charge in [-0.25, -0.2) is 0 Å². The SMILES string of the molecule is CCN1C(=O)C(=Cc2ccc(OC)cc2)N(C)C1=S. The number of ether oxygens (including phenoxy) is 1. The Kier molecular flexibility index (Phi) is 3.85. The minimum atomic E-state index is -0.0502. The lowest BCUT2D eigenvalue weighted by molar-refractivity contribution is -0.122. The first-order valence-corrected chi connectivity index (χ1v) is 6.44. The average molecular weight is 276 g/mol. The van der Waals surface area contributed by atoms with E-state index in [1.807, 2.05) is 44.3 Å². The summed E-state index contributed by atoms with van der Waals surface area (Å²) in [6, 6.07) is 7.54. The van der Waals surface area contributed by atoms with Gasteiger partial charge in [0.25, 0.3) is 5.91 Å². The van der Waals surface area contributed by atoms with E-state index in [2.05, 4.69) is 0 Å². The Hall–Kier alpha value is -1.88. The third kappa shape index (κ3) is 2.46. The van der Waals surface area contributed by atoms with Crippen LogP contribution in [0.3, 0.4) is 0 Å². The first-order chi connectivity index (χ1) is 9.08. The van der Waals surface area contributed by atoms with Gasteiger partial charge in [-0.3, -0.25) is 9.69 Å². The molecule has 0 spiro atoms. The summed E-state index contributed by atoms with van der Waals surface area (Å²) in [7, 11) is 3.44. The van der Waals surface area contributed by atoms with Crippen LogP contribution in [0.4, 0.5) is 0 Å². The van der Waals surface area contributed by atoms with E-state index in [9.17, 15) is 4.79 Å². The molecule has 1 heterocycles. The lowest BCUT2D eigenvalue weighted by Crippen LogP contribution is -2.30. The fourth-order valence-electron chi connectivity index (χ4n) is 1.95. The van der Waals surface area contributed by atoms with Gasteiger partial charge in [-0.05, 0) is 42.9 Å². The second-order valence-electron chi connectivity index (χ2n) is 4.19. The number of carbonyl (C=O) groups excluding carboxylic acids is 1. The largest absolute Gasteiger partial charge is 0.497 e. The summed E-state index contributed by atoms with van der Waals surface area (Å²) in [4.78, 5) is 15.5. The molecule has 0 bridgehead atoms. The number of likely N-dealkylation sites (N-methyl/N-ethyl adjacent to an activating group) is 2. The first-order valence-electron chi connectivity index (χ1n) is 6.03. The number of carbonyl (C=O) groups is 1. The zero-order chi connectivity index (χ0) is 14.0. The first kappa shape index (κ1) is 13.5. The molecule has 0 N–H and O–H groups in total. The number of nitrogens with zero attached hydrogens (tertiary/aromatic N) is 2. The Bertz CT molecular complexity index is 537. The molecule has 100 valence electrons. The van der Waals surface area contributed by atoms with Crippen molar-refractivity contribution in [2.45, 2.75) is 6.92 Å². The van der Waals surface area contributed by atoms with Crippen LogP contribution < -0.4 is 4.74 Å². The molecule has 0 aliphatic carbocycles. The number of amides is 1. The maximum atomic E-state index is 12.2. The molecule has 1 fully saturated rings. The summed E-state index contributed by atoms with van der Waals surface area (Å²) in [5.41, 5.74) is 1.54. The Morgan fingerprint density at radius 2 is 1.95 bits per heavy atom. The number of benzene rings is 1. The number of methoxy groups -OCH3 is 1. The van der Waals surface area contributed by atoms with Crippen LogP contribution in [-0.2, 0) is 4.79 Å². The van der Waals surface area contributed by atoms with Gasteiger partial charge in [-0.2, -0.15) is 0 Å². The second kappa shape index (κ2) is 5.40. The minimum absolute atomic E-state index is 0.0502. The van der Waals surface area contributed by atoms with Gasteiger partial charge in [-0.1, -0.05) is 12.1 Å². The van der Waals surface area contributed by atoms with Crippen molar-refractivity contribution in [3.05, 3.63) is 35.5 Å². The minimum Gasteiger partial charge on any atom is -0.497 e. The van der Waals surface area contributed by atoms with Gasteiger partial charge >= 0.3 is 0 Å². The predicted octanol–water partition coefficient (Wildman–Crippen LogP) is 2.11. The summed E-state index contributed by atoms with van der Waals surface area (Å²) in [5.74, 6) is 0.741. The standard InChI is InChI=1S/C14H16N2O2S/c1-4-16-13(17)12(15(2)14(16)19)9-10-5-7-11(18-3)8-6-10/h5-9H,4H2,1-3H3. The van der Waals surface area contributed by atoms with Crippen molar-refractivity contribution in [1.29, 1.82) is 0 Å². The summed E-state index contributed by atoms with van der Waals surface area (Å²) < 4.78 is 5.11. The number of hydrogen-bond acceptors (Lipinski definition) is 3. The molecule has 1 aliphatic rings. The highest BCUT2D eigenvalue weighted by atomic mass is 32.1. The zero-order valence-electron chi connectivity index (χ0n) is 11.2. The van der Waals surface area contributed by atoms with Crippen molar-refractivity contribution in [3.8, 4) is 5.75 Å². The van der Waals surface area contributed by atoms with Gasteiger partial charge in [0.05, 0.1) is 7.11 Å². The highest BCUT2D eigenvalue weighted by molar-refractivity contribution is 7.80. The Balaban J connectivity index is 2.32. The molecular weight excluding hydrogens is 260 g/mol. The van der Waals surface area contributed by atoms with Crippen molar-refractivity contribution in [2.75, 3.05) is 20.7 Å². The van der Waals surface area contributed by atoms with Crippen molar-refractivity contribution < 1.29 is 9.53 Å². The molecule has 1 saturated heterocycles. The number of rotatable bonds is 3. The van der Waals surface area contributed by atoms with Crippen LogP contribution in [0.1, 0.15) is 12.5 Å². The fourth-order valence-corrected chi connectivity index (χ4v) is 2.26. The maximum absolute atomic E-state index is 12.2. The van der Waals surface area contributed by atoms with Gasteiger partial charge in [0.1, 0.15) is 11.4 Å². The Labute approximate surface area is 118 Å². The second-order valence-corrected chi connectivity index (χ2v) is 4.56. The lowest BCUT2D eigenvalue weighted by atomic mass is 10.2. The van der Waals surface area contributed by atoms with E-state index in [4.69, 9.17) is 17.0 Å². The van der Waals surface area contributed by atoms with Crippen LogP contribution in [-0.4, -0.2) is 41.5 Å². The molecule has 1 amide bonds. The van der Waals surface area contributed by atoms with Crippen molar-refractivity contribution >= 4 is 29.3 Å². The third-order valence-electron chi connectivity index (χ3n) is 3.08. The third-order valence-corrected chi connectivity index (χ3v) is 3.57. The van der Waals surface area contributed by atoms with Crippen LogP contribution in [0.15, 0.2) is 30.0 Å². The van der Waals surface area contributed by atoms with E-state index < -0.39 is 0 Å². The topological polar surface area (TPSA) is 32.8 Å². The Morgan fingerprint density at radius 1 is 1.32 bits per heavy atom. The van der Waals surface area contributed by atoms with E-state index in [0.717, 1.165) is 11.3 Å². The Morgan fingerprint density at radius 3 is 2.42 bits per heavy atom. The van der Waals surface area contributed by atoms with E-state index in [1.165, 1.54) is 0 Å². The van der Waals surface area contributed by atoms with Gasteiger partial charge in [-0.15, -0.1) is 0 Å². The van der Waals surface area contributed by atoms with Crippen LogP contribution in [0, 0.1) is 0 Å². The maximum Gasteiger partial charge on any atom is 0.276 e. The van der Waals surface area contributed by atoms with Crippen molar-refractivity contribution in [2.24, 2.45) is 0 Å². The van der Waals surface area contributed by atoms with Crippen LogP contribution in [0.5, 0.6) is 5.75 Å². The summed E-state index contributed by atoms with van der Waals surface area (Å²) >= 11 is 5.24. The summed E-state index contributed by atoms with van der Waals surface area (Å²) in [6.07, 6.45) is 1.84. The van der Waals surface area contributed by atoms with E-state index >= 15 is 0 Å². The molecule has 0 radical (unpaired) electrons. The molecule has 0 aromatic heterocycles. The monoisotopic (exact) mass is 276 g/mol. The van der Waals surface area contributed by atoms with Gasteiger partial charge < -0.3 is 9.64 Å². The van der Waals surface area contributed by atoms with Gasteiger partial charge in [0, 0.05) is 13.6 Å². The predicted molar refractivity (Wildman–Crippen MR) is 78.7 cm³/mol. The molecule has 0 saturated carbocycles. The van der Waals surface area contributed by atoms with Gasteiger partial charge in [0.2, 0.25) is 0 Å². The highest BCUT2D eigenvalue weighted by Gasteiger charge is 2.34. The fraction of sp³-hybridized carbons (Fsp3) is 0.286. The number of hydrogen-bond donors (Lipinski definition) is 0. The molecule has 0 unspecified atom stereocenters. The van der Waals surface area contributed by atoms with Crippen molar-refractivity contribution in [3.63, 3.8) is 0 Å². The smallest absolute Gasteiger partial charge is 0.276 e. The number of thiocarbonyl (C=S) groups is 1. The molecular formula is C14H16N2O2S. The van der Waals surface area contributed by atoms with E-state index in [-0.39, 0.29) is 5.91 Å². The van der Waals surface area contributed by atoms with E-state index in [1.54, 1.807) is 16.9 Å². The molecule has 19 heavy (non-hydrogen) atoms. The van der Waals surface area contributed by atoms with Crippen LogP contribution >= 0.6 is 12.2 Å². The highest BCUT2D eigenvalue weighted by Crippen LogP contribution is 2.22. The molecule has 2 rings (SSSR count).